The van der Waals surface area contributed by atoms with E-state index >= 15 is 0 Å². The van der Waals surface area contributed by atoms with Crippen molar-refractivity contribution >= 4 is 29.7 Å². The van der Waals surface area contributed by atoms with Gasteiger partial charge in [0.15, 0.2) is 0 Å². The third kappa shape index (κ3) is 16.9. The van der Waals surface area contributed by atoms with Gasteiger partial charge in [0.05, 0.1) is 39.3 Å². The van der Waals surface area contributed by atoms with Crippen molar-refractivity contribution in [2.24, 2.45) is 0 Å². The molecule has 16 nitrogen and oxygen atoms in total. The van der Waals surface area contributed by atoms with Gasteiger partial charge in [0.1, 0.15) is 0 Å². The summed E-state index contributed by atoms with van der Waals surface area (Å²) in [5, 5.41) is 34.4. The number of amides is 2. The molecule has 1 atom stereocenters. The zero-order valence-corrected chi connectivity index (χ0v) is 29.2. The van der Waals surface area contributed by atoms with Crippen LogP contribution in [-0.4, -0.2) is 156 Å². The minimum Gasteiger partial charge on any atom is -0.480 e. The topological polar surface area (TPSA) is 204 Å². The number of carbonyl (C=O) groups excluding carboxylic acids is 2. The quantitative estimate of drug-likeness (QED) is 0.108. The van der Waals surface area contributed by atoms with E-state index in [2.05, 4.69) is 16.1 Å². The Balaban J connectivity index is 1.55. The molecule has 1 fully saturated rings. The Hall–Kier alpha value is -4.45. The molecule has 2 amide bonds. The maximum absolute atomic E-state index is 13.1. The highest BCUT2D eigenvalue weighted by atomic mass is 16.6. The molecule has 0 unspecified atom stereocenters. The fourth-order valence-electron chi connectivity index (χ4n) is 5.71. The second-order valence-electron chi connectivity index (χ2n) is 12.5. The first-order chi connectivity index (χ1) is 24.5. The minimum absolute atomic E-state index is 0.0306. The molecule has 0 saturated carbocycles. The smallest absolute Gasteiger partial charge is 0.317 e. The van der Waals surface area contributed by atoms with Crippen LogP contribution >= 0.6 is 0 Å². The number of rotatable bonds is 18. The first-order valence-corrected chi connectivity index (χ1v) is 17.0. The van der Waals surface area contributed by atoms with E-state index in [1.807, 2.05) is 59.5 Å². The molecule has 51 heavy (non-hydrogen) atoms. The average molecular weight is 714 g/mol. The highest BCUT2D eigenvalue weighted by molar-refractivity contribution is 5.80. The number of carboxylic acid groups (broad SMARTS) is 3. The van der Waals surface area contributed by atoms with Crippen molar-refractivity contribution in [1.29, 1.82) is 0 Å². The van der Waals surface area contributed by atoms with Crippen LogP contribution in [0.25, 0.3) is 0 Å². The molecular weight excluding hydrogens is 662 g/mol. The summed E-state index contributed by atoms with van der Waals surface area (Å²) in [6.45, 7) is 2.65. The van der Waals surface area contributed by atoms with Crippen LogP contribution in [0.1, 0.15) is 23.1 Å². The second kappa shape index (κ2) is 22.4. The molecule has 6 N–H and O–H groups in total. The van der Waals surface area contributed by atoms with Crippen molar-refractivity contribution in [3.63, 3.8) is 0 Å². The van der Waals surface area contributed by atoms with Crippen molar-refractivity contribution in [2.75, 3.05) is 85.6 Å². The maximum atomic E-state index is 13.1. The molecule has 280 valence electrons. The predicted octanol–water partition coefficient (Wildman–Crippen LogP) is -0.453. The second-order valence-corrected chi connectivity index (χ2v) is 12.5. The third-order valence-electron chi connectivity index (χ3n) is 8.52. The molecule has 0 radical (unpaired) electrons. The number of nitrogens with one attached hydrogen (secondary N) is 3. The highest BCUT2D eigenvalue weighted by Gasteiger charge is 2.21. The number of hydrogen-bond donors (Lipinski definition) is 6. The lowest BCUT2D eigenvalue weighted by Gasteiger charge is -2.32. The lowest BCUT2D eigenvalue weighted by atomic mass is 10.0. The predicted molar refractivity (Wildman–Crippen MR) is 187 cm³/mol. The van der Waals surface area contributed by atoms with Crippen molar-refractivity contribution in [2.45, 2.75) is 32.0 Å². The summed E-state index contributed by atoms with van der Waals surface area (Å²) in [6.07, 6.45) is 1.31. The van der Waals surface area contributed by atoms with E-state index in [0.29, 0.717) is 65.3 Å². The molecule has 1 aliphatic heterocycles. The van der Waals surface area contributed by atoms with Gasteiger partial charge in [0, 0.05) is 65.4 Å². The van der Waals surface area contributed by atoms with Crippen molar-refractivity contribution in [1.82, 2.24) is 35.7 Å². The van der Waals surface area contributed by atoms with Gasteiger partial charge in [-0.25, -0.2) is 5.48 Å². The normalized spacial score (nSPS) is 16.3. The molecule has 1 saturated heterocycles. The molecule has 0 aliphatic carbocycles. The van der Waals surface area contributed by atoms with Crippen LogP contribution in [0.5, 0.6) is 0 Å². The largest absolute Gasteiger partial charge is 0.480 e. The van der Waals surface area contributed by atoms with Gasteiger partial charge in [-0.1, -0.05) is 54.6 Å². The summed E-state index contributed by atoms with van der Waals surface area (Å²) in [5.74, 6) is -3.53. The first kappa shape index (κ1) is 41.0. The van der Waals surface area contributed by atoms with E-state index in [0.717, 1.165) is 23.1 Å². The number of carboxylic acids is 3. The number of benzene rings is 2. The number of carbonyl (C=O) groups is 5. The Labute approximate surface area is 298 Å². The van der Waals surface area contributed by atoms with E-state index in [1.54, 1.807) is 14.7 Å². The van der Waals surface area contributed by atoms with E-state index in [4.69, 9.17) is 4.84 Å². The van der Waals surface area contributed by atoms with Crippen LogP contribution in [0, 0.1) is 0 Å². The van der Waals surface area contributed by atoms with Gasteiger partial charge in [-0.3, -0.25) is 48.4 Å². The molecule has 3 rings (SSSR count). The summed E-state index contributed by atoms with van der Waals surface area (Å²) < 4.78 is 0. The Bertz CT molecular complexity index is 1370. The maximum Gasteiger partial charge on any atom is 0.317 e. The van der Waals surface area contributed by atoms with Gasteiger partial charge in [0.2, 0.25) is 5.91 Å². The van der Waals surface area contributed by atoms with Crippen LogP contribution in [0.3, 0.4) is 0 Å². The molecule has 0 aromatic heterocycles. The van der Waals surface area contributed by atoms with Gasteiger partial charge in [-0.2, -0.15) is 0 Å². The Morgan fingerprint density at radius 2 is 1.06 bits per heavy atom. The van der Waals surface area contributed by atoms with Crippen molar-refractivity contribution in [3.8, 4) is 0 Å². The fourth-order valence-corrected chi connectivity index (χ4v) is 5.71. The summed E-state index contributed by atoms with van der Waals surface area (Å²) in [7, 11) is 1.40. The van der Waals surface area contributed by atoms with E-state index in [-0.39, 0.29) is 44.5 Å². The van der Waals surface area contributed by atoms with Crippen LogP contribution in [0.4, 0.5) is 0 Å². The Morgan fingerprint density at radius 1 is 0.627 bits per heavy atom. The molecule has 1 heterocycles. The number of hydrogen-bond acceptors (Lipinski definition) is 11. The molecule has 16 heteroatoms. The van der Waals surface area contributed by atoms with Crippen LogP contribution in [0.2, 0.25) is 0 Å². The van der Waals surface area contributed by atoms with E-state index in [1.165, 1.54) is 7.11 Å². The summed E-state index contributed by atoms with van der Waals surface area (Å²) in [4.78, 5) is 71.9. The molecular formula is C35H51N7O9. The van der Waals surface area contributed by atoms with Crippen LogP contribution in [-0.2, 0) is 48.3 Å². The van der Waals surface area contributed by atoms with Crippen LogP contribution < -0.4 is 16.1 Å². The number of hydroxylamine groups is 1. The summed E-state index contributed by atoms with van der Waals surface area (Å²) in [5.41, 5.74) is 5.39. The Morgan fingerprint density at radius 3 is 1.49 bits per heavy atom. The summed E-state index contributed by atoms with van der Waals surface area (Å²) >= 11 is 0. The number of nitrogens with zero attached hydrogens (tertiary/aromatic N) is 4. The lowest BCUT2D eigenvalue weighted by molar-refractivity contribution is -0.140. The van der Waals surface area contributed by atoms with Gasteiger partial charge in [-0.15, -0.1) is 0 Å². The fraction of sp³-hybridized carbons (Fsp3) is 0.514. The number of aryl methyl sites for hydroxylation is 1. The van der Waals surface area contributed by atoms with Gasteiger partial charge >= 0.3 is 17.9 Å². The van der Waals surface area contributed by atoms with Crippen molar-refractivity contribution < 1.29 is 44.1 Å². The van der Waals surface area contributed by atoms with Gasteiger partial charge < -0.3 is 26.0 Å². The van der Waals surface area contributed by atoms with Gasteiger partial charge in [0.25, 0.3) is 5.91 Å². The van der Waals surface area contributed by atoms with Crippen LogP contribution in [0.15, 0.2) is 54.6 Å². The first-order valence-electron chi connectivity index (χ1n) is 17.0. The standard InChI is InChI=1S/C35H51N7O9/c1-51-38-35(50)30(12-11-27-5-3-2-4-6-27)36-21-28-7-9-29(10-8-28)22-37-31(43)23-39-13-15-40(24-32(44)45)17-19-42(26-34(48)49)20-18-41(16-14-39)25-33(46)47/h2-10,30,36H,11-26H2,1H3,(H,37,43)(H,38,50)(H,44,45)(H,46,47)(H,48,49)/t30-/m0/s1. The van der Waals surface area contributed by atoms with Crippen molar-refractivity contribution in [3.05, 3.63) is 71.3 Å². The van der Waals surface area contributed by atoms with E-state index in [9.17, 15) is 39.3 Å². The SMILES string of the molecule is CONC(=O)[C@H](CCc1ccccc1)NCc1ccc(CNC(=O)CN2CCN(CC(=O)O)CCN(CC(=O)O)CCN(CC(=O)O)CC2)cc1. The zero-order chi connectivity index (χ0) is 37.0. The zero-order valence-electron chi connectivity index (χ0n) is 29.2. The average Bonchev–Trinajstić information content (AvgIpc) is 3.09. The minimum atomic E-state index is -1.02. The molecule has 0 bridgehead atoms. The molecule has 2 aromatic rings. The Kier molecular flexibility index (Phi) is 18.0. The monoisotopic (exact) mass is 713 g/mol. The molecule has 2 aromatic carbocycles. The lowest BCUT2D eigenvalue weighted by Crippen LogP contribution is -2.49. The highest BCUT2D eigenvalue weighted by Crippen LogP contribution is 2.09. The molecule has 1 aliphatic rings. The molecule has 0 spiro atoms. The van der Waals surface area contributed by atoms with E-state index < -0.39 is 23.9 Å². The third-order valence-corrected chi connectivity index (χ3v) is 8.52. The summed E-state index contributed by atoms with van der Waals surface area (Å²) in [6, 6.07) is 17.1. The van der Waals surface area contributed by atoms with Gasteiger partial charge in [-0.05, 0) is 29.5 Å². The number of aliphatic carboxylic acids is 3.